The summed E-state index contributed by atoms with van der Waals surface area (Å²) >= 11 is 6.24. The summed E-state index contributed by atoms with van der Waals surface area (Å²) in [5.41, 5.74) is 2.30. The number of carbonyl (C=O) groups is 2. The normalized spacial score (nSPS) is 15.5. The van der Waals surface area contributed by atoms with Crippen molar-refractivity contribution in [3.8, 4) is 5.69 Å². The molecule has 35 heavy (non-hydrogen) atoms. The Morgan fingerprint density at radius 2 is 1.91 bits per heavy atom. The van der Waals surface area contributed by atoms with Gasteiger partial charge in [-0.25, -0.2) is 4.79 Å². The number of ether oxygens (including phenoxy) is 1. The van der Waals surface area contributed by atoms with Crippen molar-refractivity contribution in [3.63, 3.8) is 0 Å². The number of anilines is 2. The van der Waals surface area contributed by atoms with E-state index < -0.39 is 5.97 Å². The van der Waals surface area contributed by atoms with Gasteiger partial charge in [-0.05, 0) is 74.7 Å². The number of amides is 1. The number of aryl methyl sites for hydroxylation is 1. The Balaban J connectivity index is 1.46. The van der Waals surface area contributed by atoms with Crippen molar-refractivity contribution < 1.29 is 14.3 Å². The van der Waals surface area contributed by atoms with Crippen LogP contribution in [0.4, 0.5) is 11.5 Å². The summed E-state index contributed by atoms with van der Waals surface area (Å²) in [5.74, 6) is -0.116. The molecule has 2 aromatic carbocycles. The maximum atomic E-state index is 13.0. The van der Waals surface area contributed by atoms with Gasteiger partial charge in [-0.15, -0.1) is 5.10 Å². The predicted molar refractivity (Wildman–Crippen MR) is 136 cm³/mol. The highest BCUT2D eigenvalue weighted by Crippen LogP contribution is 2.24. The van der Waals surface area contributed by atoms with Crippen molar-refractivity contribution in [3.05, 3.63) is 81.1 Å². The number of carbonyl (C=O) groups excluding carboxylic acids is 2. The van der Waals surface area contributed by atoms with Crippen molar-refractivity contribution in [1.82, 2.24) is 9.78 Å². The number of rotatable bonds is 6. The molecule has 0 aliphatic carbocycles. The molecule has 1 aliphatic heterocycles. The van der Waals surface area contributed by atoms with E-state index >= 15 is 0 Å². The maximum absolute atomic E-state index is 13.0. The van der Waals surface area contributed by atoms with Gasteiger partial charge in [0.25, 0.3) is 5.56 Å². The average Bonchev–Trinajstić information content (AvgIpc) is 2.87. The van der Waals surface area contributed by atoms with E-state index in [-0.39, 0.29) is 17.4 Å². The van der Waals surface area contributed by atoms with E-state index in [9.17, 15) is 14.4 Å². The second-order valence-electron chi connectivity index (χ2n) is 8.45. The second-order valence-corrected chi connectivity index (χ2v) is 8.85. The van der Waals surface area contributed by atoms with Gasteiger partial charge in [0.05, 0.1) is 23.8 Å². The van der Waals surface area contributed by atoms with Gasteiger partial charge >= 0.3 is 5.97 Å². The number of hydrogen-bond acceptors (Lipinski definition) is 6. The minimum atomic E-state index is -0.393. The van der Waals surface area contributed by atoms with Crippen LogP contribution in [0.3, 0.4) is 0 Å². The lowest BCUT2D eigenvalue weighted by Crippen LogP contribution is -2.41. The third-order valence-corrected chi connectivity index (χ3v) is 6.37. The van der Waals surface area contributed by atoms with Crippen molar-refractivity contribution in [2.24, 2.45) is 5.92 Å². The van der Waals surface area contributed by atoms with Crippen LogP contribution < -0.4 is 15.8 Å². The topological polar surface area (TPSA) is 93.5 Å². The fourth-order valence-corrected chi connectivity index (χ4v) is 4.19. The first kappa shape index (κ1) is 24.5. The number of halogens is 1. The highest BCUT2D eigenvalue weighted by atomic mass is 35.5. The van der Waals surface area contributed by atoms with Crippen LogP contribution >= 0.6 is 11.6 Å². The number of nitrogens with zero attached hydrogens (tertiary/aromatic N) is 3. The van der Waals surface area contributed by atoms with Crippen LogP contribution in [0.2, 0.25) is 5.02 Å². The molecule has 3 aromatic rings. The molecule has 1 aliphatic rings. The van der Waals surface area contributed by atoms with Gasteiger partial charge in [-0.3, -0.25) is 9.59 Å². The summed E-state index contributed by atoms with van der Waals surface area (Å²) in [6, 6.07) is 15.2. The Bertz CT molecular complexity index is 1290. The maximum Gasteiger partial charge on any atom is 0.338 e. The molecule has 8 nitrogen and oxygen atoms in total. The molecule has 0 radical (unpaired) electrons. The Morgan fingerprint density at radius 3 is 2.63 bits per heavy atom. The molecule has 1 amide bonds. The van der Waals surface area contributed by atoms with Crippen LogP contribution in [-0.4, -0.2) is 41.4 Å². The molecule has 182 valence electrons. The van der Waals surface area contributed by atoms with Gasteiger partial charge < -0.3 is 15.0 Å². The smallest absolute Gasteiger partial charge is 0.338 e. The van der Waals surface area contributed by atoms with Gasteiger partial charge in [0, 0.05) is 29.9 Å². The van der Waals surface area contributed by atoms with Crippen LogP contribution in [0.1, 0.15) is 35.7 Å². The largest absolute Gasteiger partial charge is 0.462 e. The van der Waals surface area contributed by atoms with E-state index in [0.29, 0.717) is 40.9 Å². The van der Waals surface area contributed by atoms with E-state index in [2.05, 4.69) is 10.4 Å². The summed E-state index contributed by atoms with van der Waals surface area (Å²) in [6.45, 7) is 5.17. The molecular formula is C26H27ClN4O4. The zero-order valence-electron chi connectivity index (χ0n) is 19.7. The minimum absolute atomic E-state index is 0.0998. The summed E-state index contributed by atoms with van der Waals surface area (Å²) < 4.78 is 6.32. The molecule has 1 aromatic heterocycles. The Labute approximate surface area is 208 Å². The van der Waals surface area contributed by atoms with Crippen molar-refractivity contribution >= 4 is 35.0 Å². The summed E-state index contributed by atoms with van der Waals surface area (Å²) in [5, 5.41) is 8.05. The SMILES string of the molecule is CCOC(=O)c1ccc(NC(=O)[C@@H]2CCCN(c3ccc(=O)n(-c4ccc(C)c(Cl)c4)n3)C2)cc1. The predicted octanol–water partition coefficient (Wildman–Crippen LogP) is 4.23. The van der Waals surface area contributed by atoms with Gasteiger partial charge in [0.15, 0.2) is 0 Å². The summed E-state index contributed by atoms with van der Waals surface area (Å²) in [4.78, 5) is 39.3. The third-order valence-electron chi connectivity index (χ3n) is 5.97. The molecule has 9 heteroatoms. The molecule has 0 unspecified atom stereocenters. The van der Waals surface area contributed by atoms with Crippen LogP contribution in [-0.2, 0) is 9.53 Å². The Kier molecular flexibility index (Phi) is 7.51. The van der Waals surface area contributed by atoms with E-state index in [1.807, 2.05) is 17.9 Å². The monoisotopic (exact) mass is 494 g/mol. The zero-order chi connectivity index (χ0) is 24.9. The number of piperidine rings is 1. The molecule has 4 rings (SSSR count). The van der Waals surface area contributed by atoms with Crippen molar-refractivity contribution in [2.75, 3.05) is 29.9 Å². The van der Waals surface area contributed by atoms with E-state index in [4.69, 9.17) is 16.3 Å². The molecule has 0 saturated carbocycles. The van der Waals surface area contributed by atoms with Crippen LogP contribution in [0.15, 0.2) is 59.4 Å². The Morgan fingerprint density at radius 1 is 1.14 bits per heavy atom. The van der Waals surface area contributed by atoms with Gasteiger partial charge in [-0.2, -0.15) is 4.68 Å². The third kappa shape index (κ3) is 5.71. The van der Waals surface area contributed by atoms with Gasteiger partial charge in [0.1, 0.15) is 5.82 Å². The molecule has 2 heterocycles. The first-order valence-electron chi connectivity index (χ1n) is 11.6. The van der Waals surface area contributed by atoms with Crippen molar-refractivity contribution in [1.29, 1.82) is 0 Å². The lowest BCUT2D eigenvalue weighted by Gasteiger charge is -2.33. The van der Waals surface area contributed by atoms with Crippen LogP contribution in [0, 0.1) is 12.8 Å². The average molecular weight is 495 g/mol. The molecule has 1 atom stereocenters. The molecule has 0 bridgehead atoms. The van der Waals surface area contributed by atoms with Crippen LogP contribution in [0.25, 0.3) is 5.69 Å². The van der Waals surface area contributed by atoms with E-state index in [1.165, 1.54) is 10.7 Å². The number of aromatic nitrogens is 2. The lowest BCUT2D eigenvalue weighted by molar-refractivity contribution is -0.120. The van der Waals surface area contributed by atoms with Crippen LogP contribution in [0.5, 0.6) is 0 Å². The van der Waals surface area contributed by atoms with E-state index in [1.54, 1.807) is 49.4 Å². The molecule has 1 fully saturated rings. The highest BCUT2D eigenvalue weighted by molar-refractivity contribution is 6.31. The number of hydrogen-bond donors (Lipinski definition) is 1. The molecule has 1 saturated heterocycles. The number of nitrogens with one attached hydrogen (secondary N) is 1. The number of esters is 1. The first-order chi connectivity index (χ1) is 16.9. The van der Waals surface area contributed by atoms with Crippen molar-refractivity contribution in [2.45, 2.75) is 26.7 Å². The zero-order valence-corrected chi connectivity index (χ0v) is 20.4. The molecule has 1 N–H and O–H groups in total. The quantitative estimate of drug-likeness (QED) is 0.515. The highest BCUT2D eigenvalue weighted by Gasteiger charge is 2.27. The van der Waals surface area contributed by atoms with Gasteiger partial charge in [-0.1, -0.05) is 17.7 Å². The fourth-order valence-electron chi connectivity index (χ4n) is 4.02. The summed E-state index contributed by atoms with van der Waals surface area (Å²) in [7, 11) is 0. The lowest BCUT2D eigenvalue weighted by atomic mass is 9.97. The minimum Gasteiger partial charge on any atom is -0.462 e. The second kappa shape index (κ2) is 10.7. The summed E-state index contributed by atoms with van der Waals surface area (Å²) in [6.07, 6.45) is 1.56. The number of benzene rings is 2. The molecular weight excluding hydrogens is 468 g/mol. The van der Waals surface area contributed by atoms with E-state index in [0.717, 1.165) is 24.9 Å². The Hall–Kier alpha value is -3.65. The first-order valence-corrected chi connectivity index (χ1v) is 11.9. The molecule has 0 spiro atoms. The standard InChI is InChI=1S/C26H27ClN4O4/c1-3-35-26(34)18-7-9-20(10-8-18)28-25(33)19-5-4-14-30(16-19)23-12-13-24(32)31(29-23)21-11-6-17(2)22(27)15-21/h6-13,15,19H,3-5,14,16H2,1-2H3,(H,28,33)/t19-/m1/s1. The fraction of sp³-hybridized carbons (Fsp3) is 0.308. The van der Waals surface area contributed by atoms with Gasteiger partial charge in [0.2, 0.25) is 5.91 Å².